The number of halogens is 1. The minimum absolute atomic E-state index is 0.0994. The van der Waals surface area contributed by atoms with Crippen molar-refractivity contribution < 1.29 is 23.9 Å². The Labute approximate surface area is 136 Å². The summed E-state index contributed by atoms with van der Waals surface area (Å²) in [7, 11) is 0. The topological polar surface area (TPSA) is 108 Å². The second-order valence-electron chi connectivity index (χ2n) is 4.39. The summed E-state index contributed by atoms with van der Waals surface area (Å²) in [6.07, 6.45) is -0.538. The van der Waals surface area contributed by atoms with Crippen LogP contribution in [0, 0.1) is 0 Å². The van der Waals surface area contributed by atoms with Gasteiger partial charge in [-0.15, -0.1) is 0 Å². The summed E-state index contributed by atoms with van der Waals surface area (Å²) >= 11 is 3.33. The van der Waals surface area contributed by atoms with E-state index in [1.165, 1.54) is 6.92 Å². The van der Waals surface area contributed by atoms with Gasteiger partial charge in [-0.2, -0.15) is 0 Å². The molecule has 0 aliphatic carbocycles. The van der Waals surface area contributed by atoms with Crippen molar-refractivity contribution in [3.63, 3.8) is 0 Å². The molecule has 0 aliphatic heterocycles. The van der Waals surface area contributed by atoms with Gasteiger partial charge in [-0.3, -0.25) is 14.9 Å². The lowest BCUT2D eigenvalue weighted by molar-refractivity contribution is -0.154. The van der Waals surface area contributed by atoms with Gasteiger partial charge in [-0.05, 0) is 31.5 Å². The van der Waals surface area contributed by atoms with Crippen LogP contribution in [0.1, 0.15) is 19.8 Å². The number of imide groups is 1. The molecule has 8 heteroatoms. The van der Waals surface area contributed by atoms with Crippen LogP contribution >= 0.6 is 15.9 Å². The predicted octanol–water partition coefficient (Wildman–Crippen LogP) is 1.73. The van der Waals surface area contributed by atoms with Crippen LogP contribution in [-0.4, -0.2) is 30.6 Å². The van der Waals surface area contributed by atoms with Crippen molar-refractivity contribution in [3.8, 4) is 5.75 Å². The lowest BCUT2D eigenvalue weighted by Crippen LogP contribution is -2.42. The Morgan fingerprint density at radius 1 is 1.36 bits per heavy atom. The van der Waals surface area contributed by atoms with E-state index >= 15 is 0 Å². The molecule has 0 spiro atoms. The standard InChI is InChI=1S/C14H17BrN2O5/c1-9(13(19)17-14(16)20)22-12(18)6-3-7-21-11-5-2-4-10(15)8-11/h2,4-5,8-9H,3,6-7H2,1H3,(H3,16,17,19,20). The maximum absolute atomic E-state index is 11.5. The van der Waals surface area contributed by atoms with Gasteiger partial charge in [-0.25, -0.2) is 4.79 Å². The third-order valence-electron chi connectivity index (χ3n) is 2.51. The summed E-state index contributed by atoms with van der Waals surface area (Å²) in [6, 6.07) is 6.35. The Balaban J connectivity index is 2.23. The van der Waals surface area contributed by atoms with E-state index < -0.39 is 24.0 Å². The highest BCUT2D eigenvalue weighted by Gasteiger charge is 2.18. The molecule has 3 N–H and O–H groups in total. The SMILES string of the molecule is CC(OC(=O)CCCOc1cccc(Br)c1)C(=O)NC(N)=O. The highest BCUT2D eigenvalue weighted by atomic mass is 79.9. The number of carbonyl (C=O) groups excluding carboxylic acids is 3. The van der Waals surface area contributed by atoms with Gasteiger partial charge in [0.2, 0.25) is 0 Å². The smallest absolute Gasteiger partial charge is 0.318 e. The molecule has 7 nitrogen and oxygen atoms in total. The van der Waals surface area contributed by atoms with Crippen molar-refractivity contribution in [2.75, 3.05) is 6.61 Å². The van der Waals surface area contributed by atoms with Crippen LogP contribution in [0.3, 0.4) is 0 Å². The van der Waals surface area contributed by atoms with E-state index in [9.17, 15) is 14.4 Å². The predicted molar refractivity (Wildman–Crippen MR) is 82.2 cm³/mol. The number of amides is 3. The second kappa shape index (κ2) is 9.04. The Morgan fingerprint density at radius 2 is 2.09 bits per heavy atom. The number of rotatable bonds is 7. The third-order valence-corrected chi connectivity index (χ3v) is 3.01. The van der Waals surface area contributed by atoms with E-state index in [-0.39, 0.29) is 6.42 Å². The fourth-order valence-corrected chi connectivity index (χ4v) is 1.87. The summed E-state index contributed by atoms with van der Waals surface area (Å²) < 4.78 is 11.2. The maximum Gasteiger partial charge on any atom is 0.318 e. The van der Waals surface area contributed by atoms with E-state index in [4.69, 9.17) is 15.2 Å². The summed E-state index contributed by atoms with van der Waals surface area (Å²) in [5, 5.41) is 1.84. The average molecular weight is 373 g/mol. The molecule has 0 heterocycles. The monoisotopic (exact) mass is 372 g/mol. The van der Waals surface area contributed by atoms with Crippen LogP contribution in [-0.2, 0) is 14.3 Å². The van der Waals surface area contributed by atoms with Gasteiger partial charge in [0.15, 0.2) is 6.10 Å². The quantitative estimate of drug-likeness (QED) is 0.559. The first kappa shape index (κ1) is 18.0. The number of hydrogen-bond acceptors (Lipinski definition) is 5. The normalized spacial score (nSPS) is 11.4. The first-order chi connectivity index (χ1) is 10.4. The van der Waals surface area contributed by atoms with Crippen LogP contribution in [0.4, 0.5) is 4.79 Å². The molecule has 0 bridgehead atoms. The van der Waals surface area contributed by atoms with Crippen molar-refractivity contribution >= 4 is 33.8 Å². The molecular weight excluding hydrogens is 356 g/mol. The fraction of sp³-hybridized carbons (Fsp3) is 0.357. The fourth-order valence-electron chi connectivity index (χ4n) is 1.50. The average Bonchev–Trinajstić information content (AvgIpc) is 2.43. The zero-order chi connectivity index (χ0) is 16.5. The summed E-state index contributed by atoms with van der Waals surface area (Å²) in [5.74, 6) is -0.617. The van der Waals surface area contributed by atoms with E-state index in [0.717, 1.165) is 4.47 Å². The molecule has 1 unspecified atom stereocenters. The summed E-state index contributed by atoms with van der Waals surface area (Å²) in [4.78, 5) is 33.3. The number of carbonyl (C=O) groups is 3. The minimum atomic E-state index is -1.08. The molecule has 120 valence electrons. The molecule has 0 saturated carbocycles. The Kier molecular flexibility index (Phi) is 7.38. The van der Waals surface area contributed by atoms with Crippen LogP contribution in [0.25, 0.3) is 0 Å². The molecule has 0 aromatic heterocycles. The van der Waals surface area contributed by atoms with Gasteiger partial charge in [0, 0.05) is 10.9 Å². The van der Waals surface area contributed by atoms with Crippen molar-refractivity contribution in [2.24, 2.45) is 5.73 Å². The van der Waals surface area contributed by atoms with Crippen LogP contribution in [0.15, 0.2) is 28.7 Å². The zero-order valence-corrected chi connectivity index (χ0v) is 13.6. The number of benzene rings is 1. The number of nitrogens with two attached hydrogens (primary N) is 1. The number of ether oxygens (including phenoxy) is 2. The van der Waals surface area contributed by atoms with Gasteiger partial charge in [0.25, 0.3) is 5.91 Å². The van der Waals surface area contributed by atoms with E-state index in [1.54, 1.807) is 6.07 Å². The molecule has 1 rings (SSSR count). The molecule has 0 radical (unpaired) electrons. The van der Waals surface area contributed by atoms with E-state index in [0.29, 0.717) is 18.8 Å². The number of esters is 1. The van der Waals surface area contributed by atoms with Crippen molar-refractivity contribution in [1.82, 2.24) is 5.32 Å². The highest BCUT2D eigenvalue weighted by molar-refractivity contribution is 9.10. The first-order valence-electron chi connectivity index (χ1n) is 6.56. The van der Waals surface area contributed by atoms with Crippen LogP contribution in [0.2, 0.25) is 0 Å². The number of nitrogens with one attached hydrogen (secondary N) is 1. The number of hydrogen-bond donors (Lipinski definition) is 2. The lowest BCUT2D eigenvalue weighted by Gasteiger charge is -2.12. The van der Waals surface area contributed by atoms with Crippen LogP contribution in [0.5, 0.6) is 5.75 Å². The highest BCUT2D eigenvalue weighted by Crippen LogP contribution is 2.17. The minimum Gasteiger partial charge on any atom is -0.494 e. The van der Waals surface area contributed by atoms with E-state index in [1.807, 2.05) is 23.5 Å². The first-order valence-corrected chi connectivity index (χ1v) is 7.36. The lowest BCUT2D eigenvalue weighted by atomic mass is 10.3. The molecule has 22 heavy (non-hydrogen) atoms. The zero-order valence-electron chi connectivity index (χ0n) is 12.0. The molecule has 0 fully saturated rings. The van der Waals surface area contributed by atoms with Gasteiger partial charge >= 0.3 is 12.0 Å². The largest absolute Gasteiger partial charge is 0.494 e. The molecule has 1 aromatic carbocycles. The van der Waals surface area contributed by atoms with Crippen molar-refractivity contribution in [2.45, 2.75) is 25.9 Å². The Bertz CT molecular complexity index is 550. The van der Waals surface area contributed by atoms with Gasteiger partial charge in [0.1, 0.15) is 5.75 Å². The third kappa shape index (κ3) is 7.07. The Morgan fingerprint density at radius 3 is 2.73 bits per heavy atom. The molecular formula is C14H17BrN2O5. The van der Waals surface area contributed by atoms with Crippen molar-refractivity contribution in [3.05, 3.63) is 28.7 Å². The molecule has 1 atom stereocenters. The van der Waals surface area contributed by atoms with Crippen molar-refractivity contribution in [1.29, 1.82) is 0 Å². The molecule has 3 amide bonds. The molecule has 0 aliphatic rings. The van der Waals surface area contributed by atoms with Gasteiger partial charge < -0.3 is 15.2 Å². The van der Waals surface area contributed by atoms with Crippen LogP contribution < -0.4 is 15.8 Å². The summed E-state index contributed by atoms with van der Waals surface area (Å²) in [5.41, 5.74) is 4.79. The van der Waals surface area contributed by atoms with Gasteiger partial charge in [-0.1, -0.05) is 22.0 Å². The number of primary amides is 1. The molecule has 1 aromatic rings. The molecule has 0 saturated heterocycles. The maximum atomic E-state index is 11.5. The van der Waals surface area contributed by atoms with E-state index in [2.05, 4.69) is 15.9 Å². The summed E-state index contributed by atoms with van der Waals surface area (Å²) in [6.45, 7) is 1.70. The number of urea groups is 1. The second-order valence-corrected chi connectivity index (χ2v) is 5.31. The van der Waals surface area contributed by atoms with Gasteiger partial charge in [0.05, 0.1) is 6.61 Å². The Hall–Kier alpha value is -2.09.